The molecule has 3 heterocycles. The monoisotopic (exact) mass is 383 g/mol. The first-order valence-electron chi connectivity index (χ1n) is 8.93. The normalized spacial score (nSPS) is 16.4. The number of benzene rings is 1. The van der Waals surface area contributed by atoms with Gasteiger partial charge < -0.3 is 10.1 Å². The third-order valence-electron chi connectivity index (χ3n) is 4.72. The zero-order chi connectivity index (χ0) is 18.8. The van der Waals surface area contributed by atoms with Gasteiger partial charge in [-0.05, 0) is 31.4 Å². The summed E-state index contributed by atoms with van der Waals surface area (Å²) in [6.07, 6.45) is 1.78. The molecule has 0 aliphatic carbocycles. The van der Waals surface area contributed by atoms with Crippen LogP contribution in [0.15, 0.2) is 30.5 Å². The Bertz CT molecular complexity index is 968. The Balaban J connectivity index is 1.54. The number of morpholine rings is 1. The molecule has 0 bridgehead atoms. The predicted octanol–water partition coefficient (Wildman–Crippen LogP) is 2.72. The van der Waals surface area contributed by atoms with Gasteiger partial charge in [0, 0.05) is 30.2 Å². The maximum atomic E-state index is 12.6. The van der Waals surface area contributed by atoms with Gasteiger partial charge >= 0.3 is 0 Å². The molecule has 1 N–H and O–H groups in total. The van der Waals surface area contributed by atoms with Crippen molar-refractivity contribution in [3.63, 3.8) is 0 Å². The minimum absolute atomic E-state index is 0.0559. The van der Waals surface area contributed by atoms with Crippen LogP contribution < -0.4 is 5.32 Å². The van der Waals surface area contributed by atoms with Gasteiger partial charge in [0.1, 0.15) is 15.8 Å². The highest BCUT2D eigenvalue weighted by Crippen LogP contribution is 2.27. The molecule has 4 rings (SSSR count). The van der Waals surface area contributed by atoms with Crippen LogP contribution in [0.4, 0.5) is 5.82 Å². The van der Waals surface area contributed by atoms with Gasteiger partial charge in [-0.1, -0.05) is 23.5 Å². The second-order valence-corrected chi connectivity index (χ2v) is 7.75. The van der Waals surface area contributed by atoms with Gasteiger partial charge in [-0.25, -0.2) is 4.98 Å². The molecule has 1 fully saturated rings. The Morgan fingerprint density at radius 2 is 2.04 bits per heavy atom. The van der Waals surface area contributed by atoms with Gasteiger partial charge in [-0.2, -0.15) is 0 Å². The average Bonchev–Trinajstić information content (AvgIpc) is 3.14. The molecule has 1 atom stereocenters. The summed E-state index contributed by atoms with van der Waals surface area (Å²) in [5.74, 6) is 0.498. The van der Waals surface area contributed by atoms with Gasteiger partial charge in [-0.15, -0.1) is 10.2 Å². The number of fused-ring (bicyclic) bond motifs is 1. The van der Waals surface area contributed by atoms with E-state index in [1.54, 1.807) is 17.5 Å². The van der Waals surface area contributed by atoms with E-state index in [-0.39, 0.29) is 11.9 Å². The van der Waals surface area contributed by atoms with Gasteiger partial charge in [0.15, 0.2) is 0 Å². The molecule has 3 aromatic rings. The van der Waals surface area contributed by atoms with Crippen molar-refractivity contribution in [2.75, 3.05) is 31.6 Å². The average molecular weight is 383 g/mol. The number of hydrogen-bond donors (Lipinski definition) is 1. The van der Waals surface area contributed by atoms with Gasteiger partial charge in [-0.3, -0.25) is 9.69 Å². The highest BCUT2D eigenvalue weighted by atomic mass is 32.1. The predicted molar refractivity (Wildman–Crippen MR) is 106 cm³/mol. The van der Waals surface area contributed by atoms with Crippen LogP contribution in [-0.2, 0) is 9.53 Å². The molecule has 7 nitrogen and oxygen atoms in total. The SMILES string of the molecule is Cc1nnc(-c2ccc3cnc(NC(=O)C(C)N4CCOCC4)cc3c2)s1. The van der Waals surface area contributed by atoms with E-state index in [0.29, 0.717) is 19.0 Å². The summed E-state index contributed by atoms with van der Waals surface area (Å²) in [7, 11) is 0. The van der Waals surface area contributed by atoms with Crippen molar-refractivity contribution in [1.82, 2.24) is 20.1 Å². The molecule has 1 amide bonds. The van der Waals surface area contributed by atoms with E-state index in [1.165, 1.54) is 0 Å². The molecule has 140 valence electrons. The summed E-state index contributed by atoms with van der Waals surface area (Å²) in [4.78, 5) is 19.1. The fraction of sp³-hybridized carbons (Fsp3) is 0.368. The second-order valence-electron chi connectivity index (χ2n) is 6.57. The Labute approximate surface area is 161 Å². The lowest BCUT2D eigenvalue weighted by atomic mass is 10.1. The first-order chi connectivity index (χ1) is 13.1. The van der Waals surface area contributed by atoms with Crippen molar-refractivity contribution >= 4 is 33.8 Å². The number of anilines is 1. The van der Waals surface area contributed by atoms with Crippen LogP contribution in [-0.4, -0.2) is 58.3 Å². The number of nitrogens with zero attached hydrogens (tertiary/aromatic N) is 4. The molecule has 0 radical (unpaired) electrons. The van der Waals surface area contributed by atoms with Crippen LogP contribution in [0.1, 0.15) is 11.9 Å². The van der Waals surface area contributed by atoms with E-state index in [2.05, 4.69) is 31.5 Å². The van der Waals surface area contributed by atoms with E-state index >= 15 is 0 Å². The van der Waals surface area contributed by atoms with Gasteiger partial charge in [0.25, 0.3) is 0 Å². The van der Waals surface area contributed by atoms with E-state index < -0.39 is 0 Å². The number of pyridine rings is 1. The fourth-order valence-electron chi connectivity index (χ4n) is 3.12. The fourth-order valence-corrected chi connectivity index (χ4v) is 3.80. The number of amides is 1. The summed E-state index contributed by atoms with van der Waals surface area (Å²) in [5.41, 5.74) is 1.01. The molecule has 1 aromatic carbocycles. The number of aromatic nitrogens is 3. The van der Waals surface area contributed by atoms with E-state index in [9.17, 15) is 4.79 Å². The van der Waals surface area contributed by atoms with Crippen LogP contribution in [0.3, 0.4) is 0 Å². The van der Waals surface area contributed by atoms with E-state index in [4.69, 9.17) is 4.74 Å². The third kappa shape index (κ3) is 3.97. The van der Waals surface area contributed by atoms with Crippen molar-refractivity contribution < 1.29 is 9.53 Å². The molecule has 1 unspecified atom stereocenters. The first kappa shape index (κ1) is 18.0. The smallest absolute Gasteiger partial charge is 0.242 e. The minimum atomic E-state index is -0.220. The van der Waals surface area contributed by atoms with Crippen molar-refractivity contribution in [2.24, 2.45) is 0 Å². The topological polar surface area (TPSA) is 80.2 Å². The lowest BCUT2D eigenvalue weighted by molar-refractivity contribution is -0.122. The standard InChI is InChI=1S/C19H21N5O2S/c1-12(24-5-7-26-8-6-24)18(25)21-17-10-16-9-14(3-4-15(16)11-20-17)19-23-22-13(2)27-19/h3-4,9-12H,5-8H2,1-2H3,(H,20,21,25). The lowest BCUT2D eigenvalue weighted by Crippen LogP contribution is -2.47. The zero-order valence-electron chi connectivity index (χ0n) is 15.3. The number of rotatable bonds is 4. The summed E-state index contributed by atoms with van der Waals surface area (Å²) in [5, 5.41) is 15.1. The minimum Gasteiger partial charge on any atom is -0.379 e. The summed E-state index contributed by atoms with van der Waals surface area (Å²) in [6.45, 7) is 6.72. The molecule has 1 aliphatic rings. The molecule has 1 aliphatic heterocycles. The molecule has 2 aromatic heterocycles. The van der Waals surface area contributed by atoms with Crippen molar-refractivity contribution in [1.29, 1.82) is 0 Å². The van der Waals surface area contributed by atoms with Crippen molar-refractivity contribution in [3.8, 4) is 10.6 Å². The van der Waals surface area contributed by atoms with Crippen molar-refractivity contribution in [2.45, 2.75) is 19.9 Å². The Kier molecular flexibility index (Phi) is 5.11. The Morgan fingerprint density at radius 1 is 1.22 bits per heavy atom. The van der Waals surface area contributed by atoms with Crippen LogP contribution in [0, 0.1) is 6.92 Å². The quantitative estimate of drug-likeness (QED) is 0.746. The van der Waals surface area contributed by atoms with E-state index in [1.807, 2.05) is 32.0 Å². The van der Waals surface area contributed by atoms with Gasteiger partial charge in [0.05, 0.1) is 19.3 Å². The molecule has 8 heteroatoms. The third-order valence-corrected chi connectivity index (χ3v) is 5.61. The molecular weight excluding hydrogens is 362 g/mol. The number of nitrogens with one attached hydrogen (secondary N) is 1. The number of carbonyl (C=O) groups excluding carboxylic acids is 1. The maximum Gasteiger partial charge on any atom is 0.242 e. The number of carbonyl (C=O) groups is 1. The van der Waals surface area contributed by atoms with Crippen LogP contribution in [0.2, 0.25) is 0 Å². The molecule has 0 spiro atoms. The number of aryl methyl sites for hydroxylation is 1. The lowest BCUT2D eigenvalue weighted by Gasteiger charge is -2.31. The van der Waals surface area contributed by atoms with Crippen LogP contribution in [0.25, 0.3) is 21.3 Å². The number of ether oxygens (including phenoxy) is 1. The molecular formula is C19H21N5O2S. The Hall–Kier alpha value is -2.42. The molecule has 1 saturated heterocycles. The van der Waals surface area contributed by atoms with Crippen LogP contribution >= 0.6 is 11.3 Å². The summed E-state index contributed by atoms with van der Waals surface area (Å²) >= 11 is 1.56. The van der Waals surface area contributed by atoms with Gasteiger partial charge in [0.2, 0.25) is 5.91 Å². The highest BCUT2D eigenvalue weighted by molar-refractivity contribution is 7.14. The van der Waals surface area contributed by atoms with Crippen molar-refractivity contribution in [3.05, 3.63) is 35.5 Å². The zero-order valence-corrected chi connectivity index (χ0v) is 16.1. The molecule has 0 saturated carbocycles. The van der Waals surface area contributed by atoms with E-state index in [0.717, 1.165) is 39.4 Å². The summed E-state index contributed by atoms with van der Waals surface area (Å²) in [6, 6.07) is 7.76. The Morgan fingerprint density at radius 3 is 2.78 bits per heavy atom. The number of hydrogen-bond acceptors (Lipinski definition) is 7. The highest BCUT2D eigenvalue weighted by Gasteiger charge is 2.23. The second kappa shape index (κ2) is 7.67. The largest absolute Gasteiger partial charge is 0.379 e. The molecule has 27 heavy (non-hydrogen) atoms. The summed E-state index contributed by atoms with van der Waals surface area (Å²) < 4.78 is 5.35. The maximum absolute atomic E-state index is 12.6. The van der Waals surface area contributed by atoms with Crippen LogP contribution in [0.5, 0.6) is 0 Å². The first-order valence-corrected chi connectivity index (χ1v) is 9.75.